The number of carbonyl (C=O) groups excluding carboxylic acids is 1. The van der Waals surface area contributed by atoms with E-state index in [0.29, 0.717) is 0 Å². The minimum Gasteiger partial charge on any atom is -0.432 e. The van der Waals surface area contributed by atoms with E-state index in [9.17, 15) is 4.79 Å². The first-order chi connectivity index (χ1) is 16.1. The molecule has 0 saturated heterocycles. The molecular weight excluding hydrogens is 410 g/mol. The number of hydrogen-bond donors (Lipinski definition) is 1. The van der Waals surface area contributed by atoms with Crippen LogP contribution >= 0.6 is 0 Å². The van der Waals surface area contributed by atoms with Gasteiger partial charge in [-0.3, -0.25) is 4.40 Å². The highest BCUT2D eigenvalue weighted by Gasteiger charge is 2.34. The van der Waals surface area contributed by atoms with Crippen molar-refractivity contribution in [3.8, 4) is 22.5 Å². The Labute approximate surface area is 192 Å². The van der Waals surface area contributed by atoms with Crippen LogP contribution in [0.1, 0.15) is 30.4 Å². The minimum absolute atomic E-state index is 0.187. The molecule has 4 aromatic rings. The number of carbonyl (C=O) groups is 1. The molecule has 0 unspecified atom stereocenters. The molecule has 0 amide bonds. The average molecular weight is 436 g/mol. The first-order valence-electron chi connectivity index (χ1n) is 11.0. The van der Waals surface area contributed by atoms with Crippen molar-refractivity contribution in [3.05, 3.63) is 103 Å². The molecule has 0 atom stereocenters. The maximum absolute atomic E-state index is 11.7. The molecule has 33 heavy (non-hydrogen) atoms. The highest BCUT2D eigenvalue weighted by atomic mass is 16.5. The van der Waals surface area contributed by atoms with Gasteiger partial charge in [-0.15, -0.1) is 0 Å². The van der Waals surface area contributed by atoms with Crippen molar-refractivity contribution in [3.63, 3.8) is 0 Å². The zero-order valence-corrected chi connectivity index (χ0v) is 18.3. The normalized spacial score (nSPS) is 14.8. The monoisotopic (exact) mass is 435 g/mol. The standard InChI is InChI=1S/C28H25N3O2/c1-2-33-25(32)16-10-20-9-15-24-30-26(27(31(24)19-20)22-7-4-3-5-8-22)21-11-13-23(14-12-21)28(29)17-6-18-28/h2-5,7-16,19H,1,6,17-18,29H2/b16-10+. The van der Waals surface area contributed by atoms with E-state index >= 15 is 0 Å². The van der Waals surface area contributed by atoms with Gasteiger partial charge in [0, 0.05) is 28.9 Å². The number of fused-ring (bicyclic) bond motifs is 1. The summed E-state index contributed by atoms with van der Waals surface area (Å²) in [5, 5.41) is 0. The second-order valence-corrected chi connectivity index (χ2v) is 8.39. The van der Waals surface area contributed by atoms with Gasteiger partial charge in [-0.25, -0.2) is 9.78 Å². The first-order valence-corrected chi connectivity index (χ1v) is 11.0. The summed E-state index contributed by atoms with van der Waals surface area (Å²) >= 11 is 0. The largest absolute Gasteiger partial charge is 0.432 e. The van der Waals surface area contributed by atoms with Crippen molar-refractivity contribution in [1.29, 1.82) is 0 Å². The van der Waals surface area contributed by atoms with Crippen molar-refractivity contribution in [2.45, 2.75) is 24.8 Å². The fourth-order valence-corrected chi connectivity index (χ4v) is 4.32. The predicted octanol–water partition coefficient (Wildman–Crippen LogP) is 5.71. The van der Waals surface area contributed by atoms with Crippen LogP contribution in [-0.4, -0.2) is 15.4 Å². The number of pyridine rings is 1. The van der Waals surface area contributed by atoms with Gasteiger partial charge in [0.1, 0.15) is 5.65 Å². The highest BCUT2D eigenvalue weighted by Crippen LogP contribution is 2.40. The molecule has 5 rings (SSSR count). The number of aromatic nitrogens is 2. The summed E-state index contributed by atoms with van der Waals surface area (Å²) in [7, 11) is 0. The van der Waals surface area contributed by atoms with E-state index in [2.05, 4.69) is 47.4 Å². The molecule has 1 aliphatic carbocycles. The topological polar surface area (TPSA) is 69.6 Å². The Bertz CT molecular complexity index is 1350. The van der Waals surface area contributed by atoms with Gasteiger partial charge in [0.2, 0.25) is 0 Å². The van der Waals surface area contributed by atoms with Crippen LogP contribution in [-0.2, 0) is 15.1 Å². The van der Waals surface area contributed by atoms with Crippen LogP contribution in [0.25, 0.3) is 34.2 Å². The molecule has 2 aromatic carbocycles. The number of nitrogens with zero attached hydrogens (tertiary/aromatic N) is 2. The molecule has 5 nitrogen and oxygen atoms in total. The zero-order valence-electron chi connectivity index (χ0n) is 18.3. The van der Waals surface area contributed by atoms with E-state index in [4.69, 9.17) is 15.5 Å². The molecule has 1 aliphatic rings. The summed E-state index contributed by atoms with van der Waals surface area (Å²) in [6.07, 6.45) is 9.44. The Morgan fingerprint density at radius 3 is 2.45 bits per heavy atom. The van der Waals surface area contributed by atoms with Gasteiger partial charge in [0.05, 0.1) is 17.6 Å². The number of imidazole rings is 1. The lowest BCUT2D eigenvalue weighted by Crippen LogP contribution is -2.43. The van der Waals surface area contributed by atoms with Gasteiger partial charge < -0.3 is 10.5 Å². The quantitative estimate of drug-likeness (QED) is 0.239. The lowest BCUT2D eigenvalue weighted by atomic mass is 9.72. The predicted molar refractivity (Wildman–Crippen MR) is 131 cm³/mol. The zero-order chi connectivity index (χ0) is 22.8. The molecule has 2 N–H and O–H groups in total. The van der Waals surface area contributed by atoms with Crippen LogP contribution in [0.4, 0.5) is 0 Å². The van der Waals surface area contributed by atoms with Crippen molar-refractivity contribution in [1.82, 2.24) is 9.38 Å². The van der Waals surface area contributed by atoms with E-state index in [1.54, 1.807) is 6.08 Å². The van der Waals surface area contributed by atoms with Gasteiger partial charge in [-0.05, 0) is 48.6 Å². The minimum atomic E-state index is -0.469. The summed E-state index contributed by atoms with van der Waals surface area (Å²) in [4.78, 5) is 16.6. The highest BCUT2D eigenvalue weighted by molar-refractivity contribution is 5.88. The van der Waals surface area contributed by atoms with Crippen LogP contribution in [0.3, 0.4) is 0 Å². The summed E-state index contributed by atoms with van der Waals surface area (Å²) in [5.74, 6) is -0.469. The van der Waals surface area contributed by atoms with E-state index < -0.39 is 5.97 Å². The third-order valence-electron chi connectivity index (χ3n) is 6.28. The Hall–Kier alpha value is -3.96. The Balaban J connectivity index is 1.61. The smallest absolute Gasteiger partial charge is 0.335 e. The molecule has 0 radical (unpaired) electrons. The molecule has 1 saturated carbocycles. The van der Waals surface area contributed by atoms with Gasteiger partial charge in [0.15, 0.2) is 0 Å². The SMILES string of the molecule is C=COC(=O)/C=C/c1ccc2nc(-c3ccc(C4(N)CCC4)cc3)c(-c3ccccc3)n2c1. The van der Waals surface area contributed by atoms with Crippen molar-refractivity contribution in [2.75, 3.05) is 0 Å². The summed E-state index contributed by atoms with van der Waals surface area (Å²) in [5.41, 5.74) is 13.2. The Morgan fingerprint density at radius 2 is 1.79 bits per heavy atom. The van der Waals surface area contributed by atoms with Gasteiger partial charge in [-0.1, -0.05) is 61.2 Å². The van der Waals surface area contributed by atoms with E-state index in [1.165, 1.54) is 18.1 Å². The summed E-state index contributed by atoms with van der Waals surface area (Å²) < 4.78 is 6.82. The van der Waals surface area contributed by atoms with Crippen molar-refractivity contribution in [2.24, 2.45) is 5.73 Å². The Kier molecular flexibility index (Phi) is 5.40. The molecular formula is C28H25N3O2. The van der Waals surface area contributed by atoms with Crippen LogP contribution < -0.4 is 5.73 Å². The van der Waals surface area contributed by atoms with E-state index in [1.807, 2.05) is 36.5 Å². The number of esters is 1. The molecule has 0 bridgehead atoms. The third kappa shape index (κ3) is 3.99. The van der Waals surface area contributed by atoms with Gasteiger partial charge in [0.25, 0.3) is 0 Å². The fourth-order valence-electron chi connectivity index (χ4n) is 4.32. The van der Waals surface area contributed by atoms with Crippen molar-refractivity contribution >= 4 is 17.7 Å². The molecule has 0 aliphatic heterocycles. The lowest BCUT2D eigenvalue weighted by Gasteiger charge is -2.38. The number of benzene rings is 2. The molecule has 2 heterocycles. The average Bonchev–Trinajstić information content (AvgIpc) is 3.21. The number of hydrogen-bond acceptors (Lipinski definition) is 4. The Morgan fingerprint density at radius 1 is 1.03 bits per heavy atom. The van der Waals surface area contributed by atoms with Crippen LogP contribution in [0.2, 0.25) is 0 Å². The molecule has 2 aromatic heterocycles. The van der Waals surface area contributed by atoms with Crippen LogP contribution in [0, 0.1) is 0 Å². The van der Waals surface area contributed by atoms with Crippen molar-refractivity contribution < 1.29 is 9.53 Å². The molecule has 164 valence electrons. The number of nitrogens with two attached hydrogens (primary N) is 1. The third-order valence-corrected chi connectivity index (χ3v) is 6.28. The summed E-state index contributed by atoms with van der Waals surface area (Å²) in [6, 6.07) is 22.6. The van der Waals surface area contributed by atoms with Crippen LogP contribution in [0.15, 0.2) is 91.8 Å². The number of ether oxygens (including phenoxy) is 1. The van der Waals surface area contributed by atoms with Gasteiger partial charge in [-0.2, -0.15) is 0 Å². The lowest BCUT2D eigenvalue weighted by molar-refractivity contribution is -0.132. The molecule has 1 fully saturated rings. The van der Waals surface area contributed by atoms with Crippen LogP contribution in [0.5, 0.6) is 0 Å². The molecule has 5 heteroatoms. The summed E-state index contributed by atoms with van der Waals surface area (Å²) in [6.45, 7) is 3.40. The van der Waals surface area contributed by atoms with Gasteiger partial charge >= 0.3 is 5.97 Å². The first kappa shape index (κ1) is 20.9. The maximum atomic E-state index is 11.7. The van der Waals surface area contributed by atoms with E-state index in [-0.39, 0.29) is 5.54 Å². The second kappa shape index (κ2) is 8.52. The fraction of sp³-hybridized carbons (Fsp3) is 0.143. The maximum Gasteiger partial charge on any atom is 0.335 e. The number of rotatable bonds is 6. The second-order valence-electron chi connectivity index (χ2n) is 8.39. The van der Waals surface area contributed by atoms with E-state index in [0.717, 1.165) is 52.8 Å². The molecule has 0 spiro atoms.